The van der Waals surface area contributed by atoms with Gasteiger partial charge in [0, 0.05) is 43.4 Å². The van der Waals surface area contributed by atoms with Gasteiger partial charge >= 0.3 is 0 Å². The highest BCUT2D eigenvalue weighted by atomic mass is 32.2. The van der Waals surface area contributed by atoms with Gasteiger partial charge in [0.2, 0.25) is 10.0 Å². The topological polar surface area (TPSA) is 87.3 Å². The first-order valence-corrected chi connectivity index (χ1v) is 11.9. The molecule has 4 aliphatic rings. The van der Waals surface area contributed by atoms with Crippen LogP contribution in [-0.4, -0.2) is 60.1 Å². The van der Waals surface area contributed by atoms with Gasteiger partial charge in [0.15, 0.2) is 0 Å². The number of nitrogens with zero attached hydrogens (tertiary/aromatic N) is 2. The molecule has 0 radical (unpaired) electrons. The molecule has 7 nitrogen and oxygen atoms in total. The predicted molar refractivity (Wildman–Crippen MR) is 105 cm³/mol. The van der Waals surface area contributed by atoms with Crippen LogP contribution in [0.5, 0.6) is 0 Å². The number of benzene rings is 1. The van der Waals surface area contributed by atoms with E-state index in [4.69, 9.17) is 4.74 Å². The summed E-state index contributed by atoms with van der Waals surface area (Å²) < 4.78 is 33.9. The molecule has 2 aromatic rings. The zero-order chi connectivity index (χ0) is 18.9. The Morgan fingerprint density at radius 3 is 3.00 bits per heavy atom. The van der Waals surface area contributed by atoms with E-state index in [1.165, 1.54) is 5.39 Å². The quantitative estimate of drug-likeness (QED) is 0.767. The van der Waals surface area contributed by atoms with Gasteiger partial charge in [-0.1, -0.05) is 18.2 Å². The van der Waals surface area contributed by atoms with Gasteiger partial charge in [-0.15, -0.1) is 0 Å². The van der Waals surface area contributed by atoms with E-state index in [0.29, 0.717) is 12.5 Å². The average Bonchev–Trinajstić information content (AvgIpc) is 3.10. The Bertz CT molecular complexity index is 1020. The smallest absolute Gasteiger partial charge is 0.214 e. The van der Waals surface area contributed by atoms with Crippen LogP contribution in [0, 0.1) is 11.8 Å². The molecular weight excluding hydrogens is 376 g/mol. The molecule has 1 aromatic carbocycles. The maximum atomic E-state index is 12.3. The fraction of sp³-hybridized carbons (Fsp3) is 0.650. The summed E-state index contributed by atoms with van der Waals surface area (Å²) in [4.78, 5) is 2.45. The minimum atomic E-state index is -3.13. The maximum absolute atomic E-state index is 12.3. The molecule has 2 bridgehead atoms. The summed E-state index contributed by atoms with van der Waals surface area (Å²) in [5, 5.41) is 8.63. The van der Waals surface area contributed by atoms with E-state index in [1.807, 2.05) is 18.2 Å². The minimum absolute atomic E-state index is 0.0871. The van der Waals surface area contributed by atoms with Crippen LogP contribution in [0.2, 0.25) is 0 Å². The first-order valence-electron chi connectivity index (χ1n) is 10.3. The lowest BCUT2D eigenvalue weighted by atomic mass is 9.74. The Kier molecular flexibility index (Phi) is 3.73. The number of likely N-dealkylation sites (tertiary alicyclic amines) is 1. The van der Waals surface area contributed by atoms with Crippen LogP contribution >= 0.6 is 0 Å². The highest BCUT2D eigenvalue weighted by Gasteiger charge is 2.62. The molecule has 1 saturated carbocycles. The van der Waals surface area contributed by atoms with Gasteiger partial charge in [-0.2, -0.15) is 5.10 Å². The van der Waals surface area contributed by atoms with E-state index < -0.39 is 10.0 Å². The molecule has 28 heavy (non-hydrogen) atoms. The Morgan fingerprint density at radius 2 is 2.14 bits per heavy atom. The van der Waals surface area contributed by atoms with Gasteiger partial charge in [-0.05, 0) is 31.7 Å². The second-order valence-electron chi connectivity index (χ2n) is 9.01. The molecule has 6 rings (SSSR count). The number of sulfonamides is 1. The molecule has 1 spiro atoms. The van der Waals surface area contributed by atoms with Crippen molar-refractivity contribution in [2.45, 2.75) is 49.2 Å². The number of fused-ring (bicyclic) bond motifs is 2. The lowest BCUT2D eigenvalue weighted by Crippen LogP contribution is -2.42. The second kappa shape index (κ2) is 6.01. The van der Waals surface area contributed by atoms with Crippen LogP contribution in [-0.2, 0) is 21.3 Å². The summed E-state index contributed by atoms with van der Waals surface area (Å²) in [5.41, 5.74) is 2.06. The third-order valence-corrected chi connectivity index (χ3v) is 9.18. The van der Waals surface area contributed by atoms with E-state index in [2.05, 4.69) is 25.9 Å². The molecule has 2 N–H and O–H groups in total. The molecule has 1 aliphatic carbocycles. The van der Waals surface area contributed by atoms with Crippen LogP contribution < -0.4 is 4.72 Å². The fourth-order valence-electron chi connectivity index (χ4n) is 5.75. The molecule has 0 amide bonds. The van der Waals surface area contributed by atoms with Gasteiger partial charge in [0.05, 0.1) is 28.2 Å². The van der Waals surface area contributed by atoms with Crippen molar-refractivity contribution in [3.63, 3.8) is 0 Å². The third kappa shape index (κ3) is 2.65. The van der Waals surface area contributed by atoms with Crippen molar-refractivity contribution in [2.75, 3.05) is 19.6 Å². The molecular formula is C20H26N4O3S. The van der Waals surface area contributed by atoms with Gasteiger partial charge in [0.1, 0.15) is 0 Å². The van der Waals surface area contributed by atoms with Gasteiger partial charge in [-0.25, -0.2) is 13.1 Å². The molecule has 1 aromatic heterocycles. The normalized spacial score (nSPS) is 35.1. The van der Waals surface area contributed by atoms with Crippen LogP contribution in [0.4, 0.5) is 0 Å². The van der Waals surface area contributed by atoms with Crippen molar-refractivity contribution in [1.82, 2.24) is 19.8 Å². The highest BCUT2D eigenvalue weighted by molar-refractivity contribution is 7.90. The third-order valence-electron chi connectivity index (χ3n) is 7.26. The maximum Gasteiger partial charge on any atom is 0.214 e. The zero-order valence-corrected chi connectivity index (χ0v) is 16.6. The fourth-order valence-corrected chi connectivity index (χ4v) is 7.16. The lowest BCUT2D eigenvalue weighted by molar-refractivity contribution is 0.00214. The number of aromatic amines is 1. The van der Waals surface area contributed by atoms with E-state index in [9.17, 15) is 8.42 Å². The van der Waals surface area contributed by atoms with Gasteiger partial charge in [0.25, 0.3) is 0 Å². The average molecular weight is 403 g/mol. The Hall–Kier alpha value is -1.48. The number of aromatic nitrogens is 2. The second-order valence-corrected chi connectivity index (χ2v) is 11.1. The van der Waals surface area contributed by atoms with E-state index in [0.717, 1.165) is 56.5 Å². The van der Waals surface area contributed by atoms with Crippen molar-refractivity contribution in [3.8, 4) is 0 Å². The number of nitrogens with one attached hydrogen (secondary N) is 2. The summed E-state index contributed by atoms with van der Waals surface area (Å²) in [6, 6.07) is 8.19. The first kappa shape index (κ1) is 17.4. The Balaban J connectivity index is 1.18. The molecule has 8 heteroatoms. The largest absolute Gasteiger partial charge is 0.370 e. The standard InChI is InChI=1S/C20H26N4O3S/c25-28(26,13-5-6-13)21-9-15-16-10-24(12-20(16)8-7-19(15)27-20)11-18-14-3-1-2-4-17(14)22-23-18/h1-4,13,15-16,19,21H,5-12H2,(H,22,23)/t15-,16+,19+,20+/m0/s1. The molecule has 4 atom stereocenters. The minimum Gasteiger partial charge on any atom is -0.370 e. The molecule has 3 saturated heterocycles. The molecule has 3 aliphatic heterocycles. The summed E-state index contributed by atoms with van der Waals surface area (Å²) in [5.74, 6) is 0.688. The number of H-pyrrole nitrogens is 1. The van der Waals surface area contributed by atoms with Crippen LogP contribution in [0.3, 0.4) is 0 Å². The summed E-state index contributed by atoms with van der Waals surface area (Å²) >= 11 is 0. The van der Waals surface area contributed by atoms with Gasteiger partial charge in [-0.3, -0.25) is 10.00 Å². The molecule has 0 unspecified atom stereocenters. The van der Waals surface area contributed by atoms with Crippen molar-refractivity contribution < 1.29 is 13.2 Å². The number of para-hydroxylation sites is 1. The van der Waals surface area contributed by atoms with E-state index in [-0.39, 0.29) is 22.9 Å². The van der Waals surface area contributed by atoms with Crippen molar-refractivity contribution in [3.05, 3.63) is 30.0 Å². The monoisotopic (exact) mass is 402 g/mol. The first-order chi connectivity index (χ1) is 13.5. The Labute approximate surface area is 164 Å². The highest BCUT2D eigenvalue weighted by Crippen LogP contribution is 2.55. The van der Waals surface area contributed by atoms with Crippen molar-refractivity contribution in [2.24, 2.45) is 11.8 Å². The summed E-state index contributed by atoms with van der Waals surface area (Å²) in [6.07, 6.45) is 3.96. The number of ether oxygens (including phenoxy) is 1. The number of hydrogen-bond donors (Lipinski definition) is 2. The lowest BCUT2D eigenvalue weighted by Gasteiger charge is -2.29. The SMILES string of the molecule is O=S(=O)(NC[C@H]1[C@H]2CN(Cc3[nH]nc4ccccc34)C[C@]23CC[C@H]1O3)C1CC1. The molecule has 150 valence electrons. The number of hydrogen-bond acceptors (Lipinski definition) is 5. The predicted octanol–water partition coefficient (Wildman–Crippen LogP) is 1.62. The van der Waals surface area contributed by atoms with Crippen LogP contribution in [0.25, 0.3) is 10.9 Å². The number of rotatable bonds is 6. The summed E-state index contributed by atoms with van der Waals surface area (Å²) in [7, 11) is -3.13. The molecule has 4 heterocycles. The zero-order valence-electron chi connectivity index (χ0n) is 15.8. The van der Waals surface area contributed by atoms with Crippen molar-refractivity contribution >= 4 is 20.9 Å². The van der Waals surface area contributed by atoms with Gasteiger partial charge < -0.3 is 4.74 Å². The van der Waals surface area contributed by atoms with E-state index in [1.54, 1.807) is 0 Å². The van der Waals surface area contributed by atoms with Crippen LogP contribution in [0.1, 0.15) is 31.4 Å². The van der Waals surface area contributed by atoms with Crippen molar-refractivity contribution in [1.29, 1.82) is 0 Å². The van der Waals surface area contributed by atoms with Crippen LogP contribution in [0.15, 0.2) is 24.3 Å². The molecule has 4 fully saturated rings. The Morgan fingerprint density at radius 1 is 1.29 bits per heavy atom. The van der Waals surface area contributed by atoms with E-state index >= 15 is 0 Å². The summed E-state index contributed by atoms with van der Waals surface area (Å²) in [6.45, 7) is 3.23.